The standard InChI is InChI=1S/C25H36N2O5S/c1-30-14-15-32-17-16-31-13-5-6-24(20-33(26,28)29)22-7-8-23-19-25(10-9-21(23)18-22)27-11-3-2-4-12-27/h7-10,18-20H,2-6,11-17H2,1H3,(H2,26,28,29). The highest BCUT2D eigenvalue weighted by Gasteiger charge is 2.12. The van der Waals surface area contributed by atoms with Crippen molar-refractivity contribution in [3.8, 4) is 0 Å². The number of sulfonamides is 1. The molecule has 2 aromatic carbocycles. The van der Waals surface area contributed by atoms with Crippen LogP contribution >= 0.6 is 0 Å². The number of hydrogen-bond acceptors (Lipinski definition) is 6. The molecule has 2 aromatic rings. The topological polar surface area (TPSA) is 91.1 Å². The predicted octanol–water partition coefficient (Wildman–Crippen LogP) is 3.92. The van der Waals surface area contributed by atoms with Gasteiger partial charge in [0.15, 0.2) is 0 Å². The first-order valence-corrected chi connectivity index (χ1v) is 13.2. The normalized spacial score (nSPS) is 15.3. The molecular weight excluding hydrogens is 440 g/mol. The van der Waals surface area contributed by atoms with Crippen molar-refractivity contribution in [2.24, 2.45) is 5.14 Å². The van der Waals surface area contributed by atoms with Crippen LogP contribution in [0.4, 0.5) is 5.69 Å². The van der Waals surface area contributed by atoms with Gasteiger partial charge in [0.1, 0.15) is 0 Å². The summed E-state index contributed by atoms with van der Waals surface area (Å²) in [7, 11) is -2.11. The minimum absolute atomic E-state index is 0.493. The van der Waals surface area contributed by atoms with Crippen molar-refractivity contribution in [3.05, 3.63) is 47.4 Å². The third-order valence-electron chi connectivity index (χ3n) is 5.76. The van der Waals surface area contributed by atoms with E-state index in [1.807, 2.05) is 12.1 Å². The van der Waals surface area contributed by atoms with E-state index in [1.165, 1.54) is 30.4 Å². The monoisotopic (exact) mass is 476 g/mol. The molecule has 0 saturated carbocycles. The van der Waals surface area contributed by atoms with Crippen molar-refractivity contribution in [2.75, 3.05) is 58.1 Å². The summed E-state index contributed by atoms with van der Waals surface area (Å²) >= 11 is 0. The highest BCUT2D eigenvalue weighted by molar-refractivity contribution is 7.92. The van der Waals surface area contributed by atoms with E-state index >= 15 is 0 Å². The molecule has 0 radical (unpaired) electrons. The smallest absolute Gasteiger partial charge is 0.231 e. The lowest BCUT2D eigenvalue weighted by molar-refractivity contribution is 0.0245. The number of allylic oxidation sites excluding steroid dienone is 1. The van der Waals surface area contributed by atoms with Gasteiger partial charge in [0.05, 0.1) is 26.4 Å². The molecular formula is C25H36N2O5S. The van der Waals surface area contributed by atoms with Gasteiger partial charge in [0.25, 0.3) is 0 Å². The molecule has 0 aliphatic carbocycles. The number of piperidine rings is 1. The highest BCUT2D eigenvalue weighted by Crippen LogP contribution is 2.29. The number of fused-ring (bicyclic) bond motifs is 1. The number of nitrogens with two attached hydrogens (primary N) is 1. The SMILES string of the molecule is COCCOCCOCCCC(=CS(N)(=O)=O)c1ccc2cc(N3CCCCC3)ccc2c1. The molecule has 33 heavy (non-hydrogen) atoms. The summed E-state index contributed by atoms with van der Waals surface area (Å²) in [6, 6.07) is 12.6. The maximum absolute atomic E-state index is 11.8. The van der Waals surface area contributed by atoms with E-state index in [1.54, 1.807) is 7.11 Å². The fourth-order valence-corrected chi connectivity index (χ4v) is 4.73. The van der Waals surface area contributed by atoms with E-state index in [0.717, 1.165) is 29.4 Å². The molecule has 3 rings (SSSR count). The summed E-state index contributed by atoms with van der Waals surface area (Å²) in [5.41, 5.74) is 2.81. The van der Waals surface area contributed by atoms with Crippen LogP contribution in [0.3, 0.4) is 0 Å². The maximum Gasteiger partial charge on any atom is 0.231 e. The molecule has 0 unspecified atom stereocenters. The highest BCUT2D eigenvalue weighted by atomic mass is 32.2. The minimum Gasteiger partial charge on any atom is -0.382 e. The van der Waals surface area contributed by atoms with Gasteiger partial charge < -0.3 is 19.1 Å². The number of nitrogens with zero attached hydrogens (tertiary/aromatic N) is 1. The van der Waals surface area contributed by atoms with Crippen LogP contribution in [0.1, 0.15) is 37.7 Å². The molecule has 1 saturated heterocycles. The van der Waals surface area contributed by atoms with E-state index in [2.05, 4.69) is 29.2 Å². The zero-order valence-electron chi connectivity index (χ0n) is 19.5. The van der Waals surface area contributed by atoms with Crippen molar-refractivity contribution in [1.82, 2.24) is 0 Å². The molecule has 1 heterocycles. The van der Waals surface area contributed by atoms with E-state index in [0.29, 0.717) is 51.4 Å². The molecule has 1 fully saturated rings. The number of benzene rings is 2. The zero-order valence-corrected chi connectivity index (χ0v) is 20.3. The summed E-state index contributed by atoms with van der Waals surface area (Å²) in [4.78, 5) is 2.44. The minimum atomic E-state index is -3.75. The molecule has 1 aliphatic heterocycles. The van der Waals surface area contributed by atoms with E-state index in [-0.39, 0.29) is 0 Å². The molecule has 0 bridgehead atoms. The summed E-state index contributed by atoms with van der Waals surface area (Å²) in [5, 5.41) is 8.73. The average molecular weight is 477 g/mol. The van der Waals surface area contributed by atoms with E-state index < -0.39 is 10.0 Å². The summed E-state index contributed by atoms with van der Waals surface area (Å²) in [6.45, 7) is 4.83. The van der Waals surface area contributed by atoms with Crippen molar-refractivity contribution in [2.45, 2.75) is 32.1 Å². The van der Waals surface area contributed by atoms with Gasteiger partial charge in [-0.25, -0.2) is 13.6 Å². The first-order chi connectivity index (χ1) is 16.0. The Hall–Kier alpha value is -1.97. The zero-order chi connectivity index (χ0) is 23.5. The number of hydrogen-bond donors (Lipinski definition) is 1. The number of rotatable bonds is 13. The lowest BCUT2D eigenvalue weighted by Crippen LogP contribution is -2.29. The number of ether oxygens (including phenoxy) is 3. The first kappa shape index (κ1) is 25.6. The van der Waals surface area contributed by atoms with Gasteiger partial charge in [-0.15, -0.1) is 0 Å². The van der Waals surface area contributed by atoms with Crippen LogP contribution in [0.15, 0.2) is 41.8 Å². The quantitative estimate of drug-likeness (QED) is 0.441. The Morgan fingerprint density at radius 3 is 2.33 bits per heavy atom. The third-order valence-corrected chi connectivity index (χ3v) is 6.37. The van der Waals surface area contributed by atoms with Gasteiger partial charge >= 0.3 is 0 Å². The van der Waals surface area contributed by atoms with Crippen LogP contribution in [0, 0.1) is 0 Å². The Kier molecular flexibility index (Phi) is 10.1. The predicted molar refractivity (Wildman–Crippen MR) is 134 cm³/mol. The third kappa shape index (κ3) is 8.72. The van der Waals surface area contributed by atoms with Gasteiger partial charge in [-0.1, -0.05) is 18.2 Å². The Bertz CT molecular complexity index is 1020. The molecule has 182 valence electrons. The second kappa shape index (κ2) is 13.1. The maximum atomic E-state index is 11.8. The fourth-order valence-electron chi connectivity index (χ4n) is 4.08. The number of anilines is 1. The van der Waals surface area contributed by atoms with Crippen molar-refractivity contribution in [1.29, 1.82) is 0 Å². The fraction of sp³-hybridized carbons (Fsp3) is 0.520. The van der Waals surface area contributed by atoms with E-state index in [4.69, 9.17) is 19.3 Å². The Labute approximate surface area is 197 Å². The lowest BCUT2D eigenvalue weighted by Gasteiger charge is -2.29. The summed E-state index contributed by atoms with van der Waals surface area (Å²) in [5.74, 6) is 0. The molecule has 0 amide bonds. The molecule has 0 aromatic heterocycles. The summed E-state index contributed by atoms with van der Waals surface area (Å²) < 4.78 is 39.5. The Morgan fingerprint density at radius 2 is 1.61 bits per heavy atom. The molecule has 0 atom stereocenters. The number of methoxy groups -OCH3 is 1. The van der Waals surface area contributed by atoms with Crippen LogP contribution in [0.25, 0.3) is 16.3 Å². The van der Waals surface area contributed by atoms with Crippen molar-refractivity contribution in [3.63, 3.8) is 0 Å². The van der Waals surface area contributed by atoms with Crippen LogP contribution in [0.5, 0.6) is 0 Å². The Morgan fingerprint density at radius 1 is 0.939 bits per heavy atom. The van der Waals surface area contributed by atoms with Crippen LogP contribution in [-0.4, -0.2) is 61.7 Å². The van der Waals surface area contributed by atoms with Gasteiger partial charge in [-0.05, 0) is 72.2 Å². The van der Waals surface area contributed by atoms with Gasteiger partial charge in [-0.2, -0.15) is 0 Å². The second-order valence-corrected chi connectivity index (χ2v) is 9.76. The van der Waals surface area contributed by atoms with Gasteiger partial charge in [0.2, 0.25) is 10.0 Å². The largest absolute Gasteiger partial charge is 0.382 e. The van der Waals surface area contributed by atoms with Crippen molar-refractivity contribution < 1.29 is 22.6 Å². The number of primary sulfonamides is 1. The van der Waals surface area contributed by atoms with Crippen LogP contribution < -0.4 is 10.0 Å². The van der Waals surface area contributed by atoms with Gasteiger partial charge in [0, 0.05) is 37.9 Å². The van der Waals surface area contributed by atoms with Crippen LogP contribution in [-0.2, 0) is 24.2 Å². The van der Waals surface area contributed by atoms with Crippen LogP contribution in [0.2, 0.25) is 0 Å². The molecule has 7 nitrogen and oxygen atoms in total. The molecule has 2 N–H and O–H groups in total. The average Bonchev–Trinajstić information content (AvgIpc) is 2.81. The van der Waals surface area contributed by atoms with Crippen molar-refractivity contribution >= 4 is 32.1 Å². The van der Waals surface area contributed by atoms with E-state index in [9.17, 15) is 8.42 Å². The molecule has 0 spiro atoms. The summed E-state index contributed by atoms with van der Waals surface area (Å²) in [6.07, 6.45) is 5.02. The second-order valence-electron chi connectivity index (χ2n) is 8.35. The first-order valence-electron chi connectivity index (χ1n) is 11.6. The Balaban J connectivity index is 1.62. The molecule has 8 heteroatoms. The molecule has 1 aliphatic rings. The van der Waals surface area contributed by atoms with Gasteiger partial charge in [-0.3, -0.25) is 0 Å². The lowest BCUT2D eigenvalue weighted by atomic mass is 9.98.